The van der Waals surface area contributed by atoms with Crippen molar-refractivity contribution >= 4 is 33.7 Å². The van der Waals surface area contributed by atoms with E-state index in [-0.39, 0.29) is 17.0 Å². The van der Waals surface area contributed by atoms with Crippen LogP contribution in [0.15, 0.2) is 30.5 Å². The molecular formula is C16H10ClF4N5. The van der Waals surface area contributed by atoms with Crippen LogP contribution in [-0.4, -0.2) is 24.7 Å². The largest absolute Gasteiger partial charge is 0.433 e. The second kappa shape index (κ2) is 5.66. The second-order valence-electron chi connectivity index (χ2n) is 5.72. The van der Waals surface area contributed by atoms with Crippen LogP contribution in [0.1, 0.15) is 24.6 Å². The number of alkyl halides is 4. The molecule has 10 heteroatoms. The molecule has 134 valence electrons. The number of hydrogen-bond donors (Lipinski definition) is 1. The zero-order valence-corrected chi connectivity index (χ0v) is 13.9. The third kappa shape index (κ3) is 2.59. The lowest BCUT2D eigenvalue weighted by atomic mass is 10.2. The Bertz CT molecular complexity index is 1130. The summed E-state index contributed by atoms with van der Waals surface area (Å²) in [5, 5.41) is 7.51. The molecule has 0 saturated heterocycles. The molecule has 0 saturated carbocycles. The first-order valence-electron chi connectivity index (χ1n) is 7.49. The van der Waals surface area contributed by atoms with Crippen molar-refractivity contribution in [1.29, 1.82) is 0 Å². The molecule has 0 aliphatic carbocycles. The normalized spacial score (nSPS) is 13.6. The van der Waals surface area contributed by atoms with E-state index in [1.165, 1.54) is 29.8 Å². The molecule has 3 aromatic heterocycles. The smallest absolute Gasteiger partial charge is 0.278 e. The predicted octanol–water partition coefficient (Wildman–Crippen LogP) is 5.00. The molecule has 0 aliphatic rings. The van der Waals surface area contributed by atoms with Crippen LogP contribution in [0.2, 0.25) is 5.02 Å². The summed E-state index contributed by atoms with van der Waals surface area (Å²) in [4.78, 5) is 7.77. The summed E-state index contributed by atoms with van der Waals surface area (Å²) in [6.45, 7) is 1.25. The number of halogens is 5. The van der Waals surface area contributed by atoms with Crippen LogP contribution in [0, 0.1) is 0 Å². The zero-order valence-electron chi connectivity index (χ0n) is 13.1. The number of aromatic nitrogens is 5. The number of hydrogen-bond acceptors (Lipinski definition) is 3. The van der Waals surface area contributed by atoms with Crippen molar-refractivity contribution in [3.63, 3.8) is 0 Å². The van der Waals surface area contributed by atoms with Crippen LogP contribution >= 0.6 is 11.6 Å². The summed E-state index contributed by atoms with van der Waals surface area (Å²) < 4.78 is 54.5. The average molecular weight is 384 g/mol. The predicted molar refractivity (Wildman–Crippen MR) is 88.1 cm³/mol. The van der Waals surface area contributed by atoms with Crippen LogP contribution in [-0.2, 0) is 6.18 Å². The van der Waals surface area contributed by atoms with Gasteiger partial charge in [-0.05, 0) is 31.2 Å². The highest BCUT2D eigenvalue weighted by atomic mass is 35.5. The van der Waals surface area contributed by atoms with Crippen LogP contribution in [0.25, 0.3) is 27.8 Å². The van der Waals surface area contributed by atoms with E-state index < -0.39 is 18.0 Å². The minimum Gasteiger partial charge on any atom is -0.278 e. The minimum absolute atomic E-state index is 0.0641. The van der Waals surface area contributed by atoms with Gasteiger partial charge in [-0.25, -0.2) is 14.4 Å². The molecule has 3 heterocycles. The summed E-state index contributed by atoms with van der Waals surface area (Å²) in [6, 6.07) is 5.11. The van der Waals surface area contributed by atoms with Gasteiger partial charge in [0.15, 0.2) is 11.8 Å². The monoisotopic (exact) mass is 383 g/mol. The molecule has 1 aromatic carbocycles. The summed E-state index contributed by atoms with van der Waals surface area (Å²) in [6.07, 6.45) is -4.65. The molecule has 0 spiro atoms. The van der Waals surface area contributed by atoms with Gasteiger partial charge in [-0.2, -0.15) is 18.3 Å². The van der Waals surface area contributed by atoms with Crippen molar-refractivity contribution < 1.29 is 17.6 Å². The van der Waals surface area contributed by atoms with Crippen molar-refractivity contribution in [1.82, 2.24) is 24.7 Å². The highest BCUT2D eigenvalue weighted by Gasteiger charge is 2.33. The third-order valence-corrected chi connectivity index (χ3v) is 4.22. The van der Waals surface area contributed by atoms with Gasteiger partial charge in [-0.1, -0.05) is 11.6 Å². The van der Waals surface area contributed by atoms with E-state index in [9.17, 15) is 17.6 Å². The Morgan fingerprint density at radius 1 is 1.19 bits per heavy atom. The van der Waals surface area contributed by atoms with Crippen molar-refractivity contribution in [3.05, 3.63) is 47.0 Å². The lowest BCUT2D eigenvalue weighted by Gasteiger charge is -2.11. The highest BCUT2D eigenvalue weighted by molar-refractivity contribution is 6.35. The Kier molecular flexibility index (Phi) is 3.65. The van der Waals surface area contributed by atoms with Gasteiger partial charge in [0.1, 0.15) is 17.0 Å². The molecule has 0 bridgehead atoms. The number of benzene rings is 1. The molecule has 0 unspecified atom stereocenters. The van der Waals surface area contributed by atoms with Gasteiger partial charge < -0.3 is 0 Å². The van der Waals surface area contributed by atoms with Crippen molar-refractivity contribution in [3.8, 4) is 5.69 Å². The Hall–Kier alpha value is -2.68. The molecule has 0 radical (unpaired) electrons. The molecule has 26 heavy (non-hydrogen) atoms. The Labute approximate surface area is 148 Å². The van der Waals surface area contributed by atoms with Gasteiger partial charge in [0.25, 0.3) is 0 Å². The standard InChI is InChI=1S/C16H10ClF4N5/c1-7(18)14-23-11-2-3-12(16(19,20)21)24-15(11)26(14)9-4-8-6-22-25-13(8)10(17)5-9/h2-7H,1H3,(H,22,25)/t7-/m0/s1. The Morgan fingerprint density at radius 3 is 2.65 bits per heavy atom. The fourth-order valence-corrected chi connectivity index (χ4v) is 3.05. The van der Waals surface area contributed by atoms with Crippen molar-refractivity contribution in [2.45, 2.75) is 19.3 Å². The van der Waals surface area contributed by atoms with Crippen LogP contribution in [0.4, 0.5) is 17.6 Å². The van der Waals surface area contributed by atoms with E-state index in [1.54, 1.807) is 6.07 Å². The van der Waals surface area contributed by atoms with Crippen LogP contribution < -0.4 is 0 Å². The molecule has 0 amide bonds. The molecular weight excluding hydrogens is 374 g/mol. The van der Waals surface area contributed by atoms with Gasteiger partial charge in [-0.15, -0.1) is 0 Å². The fraction of sp³-hybridized carbons (Fsp3) is 0.188. The van der Waals surface area contributed by atoms with Gasteiger partial charge in [-0.3, -0.25) is 9.67 Å². The maximum Gasteiger partial charge on any atom is 0.433 e. The zero-order chi connectivity index (χ0) is 18.6. The van der Waals surface area contributed by atoms with E-state index in [0.29, 0.717) is 21.6 Å². The fourth-order valence-electron chi connectivity index (χ4n) is 2.78. The average Bonchev–Trinajstić information content (AvgIpc) is 3.17. The molecule has 4 rings (SSSR count). The van der Waals surface area contributed by atoms with Crippen molar-refractivity contribution in [2.24, 2.45) is 0 Å². The Balaban J connectivity index is 2.06. The summed E-state index contributed by atoms with van der Waals surface area (Å²) in [7, 11) is 0. The highest BCUT2D eigenvalue weighted by Crippen LogP contribution is 2.33. The van der Waals surface area contributed by atoms with Gasteiger partial charge in [0, 0.05) is 5.39 Å². The number of nitrogens with one attached hydrogen (secondary N) is 1. The van der Waals surface area contributed by atoms with E-state index in [0.717, 1.165) is 6.07 Å². The topological polar surface area (TPSA) is 59.4 Å². The van der Waals surface area contributed by atoms with E-state index in [4.69, 9.17) is 11.6 Å². The summed E-state index contributed by atoms with van der Waals surface area (Å²) >= 11 is 6.21. The summed E-state index contributed by atoms with van der Waals surface area (Å²) in [5.74, 6) is -0.0641. The first-order chi connectivity index (χ1) is 12.3. The Morgan fingerprint density at radius 2 is 1.96 bits per heavy atom. The number of rotatable bonds is 2. The van der Waals surface area contributed by atoms with E-state index in [2.05, 4.69) is 20.2 Å². The SMILES string of the molecule is C[C@H](F)c1nc2ccc(C(F)(F)F)nc2n1-c1cc(Cl)c2[nH]ncc2c1. The lowest BCUT2D eigenvalue weighted by Crippen LogP contribution is -2.09. The maximum absolute atomic E-state index is 14.1. The van der Waals surface area contributed by atoms with E-state index in [1.807, 2.05) is 0 Å². The molecule has 0 fully saturated rings. The number of nitrogens with zero attached hydrogens (tertiary/aromatic N) is 4. The summed E-state index contributed by atoms with van der Waals surface area (Å²) in [5.41, 5.74) is -0.116. The lowest BCUT2D eigenvalue weighted by molar-refractivity contribution is -0.141. The van der Waals surface area contributed by atoms with Crippen molar-refractivity contribution in [2.75, 3.05) is 0 Å². The first-order valence-corrected chi connectivity index (χ1v) is 7.87. The van der Waals surface area contributed by atoms with Gasteiger partial charge in [0.05, 0.1) is 22.4 Å². The van der Waals surface area contributed by atoms with Crippen LogP contribution in [0.3, 0.4) is 0 Å². The number of imidazole rings is 1. The molecule has 4 aromatic rings. The molecule has 1 atom stereocenters. The molecule has 1 N–H and O–H groups in total. The number of pyridine rings is 1. The number of aromatic amines is 1. The minimum atomic E-state index is -4.63. The van der Waals surface area contributed by atoms with Gasteiger partial charge in [0.2, 0.25) is 0 Å². The molecule has 5 nitrogen and oxygen atoms in total. The van der Waals surface area contributed by atoms with E-state index >= 15 is 0 Å². The maximum atomic E-state index is 14.1. The number of fused-ring (bicyclic) bond motifs is 2. The molecule has 0 aliphatic heterocycles. The van der Waals surface area contributed by atoms with Crippen LogP contribution in [0.5, 0.6) is 0 Å². The van der Waals surface area contributed by atoms with Gasteiger partial charge >= 0.3 is 6.18 Å². The quantitative estimate of drug-likeness (QED) is 0.495. The third-order valence-electron chi connectivity index (χ3n) is 3.92. The first kappa shape index (κ1) is 16.8. The number of H-pyrrole nitrogens is 1. The second-order valence-corrected chi connectivity index (χ2v) is 6.13.